The van der Waals surface area contributed by atoms with Gasteiger partial charge in [0.2, 0.25) is 5.91 Å². The summed E-state index contributed by atoms with van der Waals surface area (Å²) in [7, 11) is 1.36. The average Bonchev–Trinajstić information content (AvgIpc) is 2.73. The van der Waals surface area contributed by atoms with E-state index in [0.29, 0.717) is 17.0 Å². The highest BCUT2D eigenvalue weighted by Crippen LogP contribution is 2.26. The zero-order valence-electron chi connectivity index (χ0n) is 16.3. The molecule has 0 fully saturated rings. The molecular weight excluding hydrogens is 402 g/mol. The zero-order valence-corrected chi connectivity index (χ0v) is 16.3. The van der Waals surface area contributed by atoms with Crippen LogP contribution in [0.25, 0.3) is 11.3 Å². The summed E-state index contributed by atoms with van der Waals surface area (Å²) in [6.45, 7) is 2.68. The number of carbonyl (C=O) groups is 1. The standard InChI is InChI=1S/C21H17F4N3O2/c1-10-14(18(23)20(25)19(24)17(10)22)8-16(30)28(3)21-11(2)27-15(9-26-21)12-4-6-13(29)7-5-12/h4-7,9,29H,8H2,1-3H3. The number of carbonyl (C=O) groups excluding carboxylic acids is 1. The molecule has 2 aromatic carbocycles. The minimum atomic E-state index is -1.96. The van der Waals surface area contributed by atoms with Gasteiger partial charge in [-0.25, -0.2) is 27.5 Å². The Labute approximate surface area is 169 Å². The fourth-order valence-corrected chi connectivity index (χ4v) is 2.96. The summed E-state index contributed by atoms with van der Waals surface area (Å²) in [4.78, 5) is 22.3. The number of rotatable bonds is 4. The molecule has 3 aromatic rings. The van der Waals surface area contributed by atoms with Gasteiger partial charge in [0.1, 0.15) is 5.75 Å². The first-order chi connectivity index (χ1) is 14.1. The average molecular weight is 419 g/mol. The van der Waals surface area contributed by atoms with E-state index < -0.39 is 46.7 Å². The lowest BCUT2D eigenvalue weighted by Crippen LogP contribution is -2.30. The van der Waals surface area contributed by atoms with Crippen molar-refractivity contribution in [3.8, 4) is 17.0 Å². The fourth-order valence-electron chi connectivity index (χ4n) is 2.96. The summed E-state index contributed by atoms with van der Waals surface area (Å²) in [6.07, 6.45) is 0.727. The van der Waals surface area contributed by atoms with E-state index in [0.717, 1.165) is 11.8 Å². The second-order valence-electron chi connectivity index (χ2n) is 6.70. The lowest BCUT2D eigenvalue weighted by molar-refractivity contribution is -0.117. The Kier molecular flexibility index (Phi) is 5.73. The van der Waals surface area contributed by atoms with Crippen molar-refractivity contribution in [1.29, 1.82) is 0 Å². The topological polar surface area (TPSA) is 66.3 Å². The molecule has 30 heavy (non-hydrogen) atoms. The van der Waals surface area contributed by atoms with Gasteiger partial charge in [-0.2, -0.15) is 0 Å². The SMILES string of the molecule is Cc1nc(-c2ccc(O)cc2)cnc1N(C)C(=O)Cc1c(C)c(F)c(F)c(F)c1F. The van der Waals surface area contributed by atoms with E-state index in [4.69, 9.17) is 0 Å². The second-order valence-corrected chi connectivity index (χ2v) is 6.70. The Morgan fingerprint density at radius 1 is 1.00 bits per heavy atom. The number of benzene rings is 2. The van der Waals surface area contributed by atoms with E-state index in [-0.39, 0.29) is 11.6 Å². The molecule has 0 radical (unpaired) electrons. The molecule has 156 valence electrons. The number of likely N-dealkylation sites (N-methyl/N-ethyl adjacent to an activating group) is 1. The van der Waals surface area contributed by atoms with Crippen molar-refractivity contribution in [2.75, 3.05) is 11.9 Å². The van der Waals surface area contributed by atoms with Gasteiger partial charge < -0.3 is 5.11 Å². The second kappa shape index (κ2) is 8.10. The summed E-state index contributed by atoms with van der Waals surface area (Å²) >= 11 is 0. The Balaban J connectivity index is 1.88. The van der Waals surface area contributed by atoms with Crippen LogP contribution in [0.15, 0.2) is 30.5 Å². The third-order valence-corrected chi connectivity index (χ3v) is 4.73. The van der Waals surface area contributed by atoms with Gasteiger partial charge in [-0.15, -0.1) is 0 Å². The molecule has 1 heterocycles. The minimum Gasteiger partial charge on any atom is -0.508 e. The largest absolute Gasteiger partial charge is 0.508 e. The van der Waals surface area contributed by atoms with Crippen LogP contribution in [0.3, 0.4) is 0 Å². The molecule has 5 nitrogen and oxygen atoms in total. The van der Waals surface area contributed by atoms with Crippen molar-refractivity contribution in [1.82, 2.24) is 9.97 Å². The summed E-state index contributed by atoms with van der Waals surface area (Å²) in [6, 6.07) is 6.29. The van der Waals surface area contributed by atoms with Gasteiger partial charge in [0.25, 0.3) is 0 Å². The van der Waals surface area contributed by atoms with Gasteiger partial charge in [0.05, 0.1) is 24.0 Å². The van der Waals surface area contributed by atoms with Crippen molar-refractivity contribution in [2.24, 2.45) is 0 Å². The van der Waals surface area contributed by atoms with Gasteiger partial charge in [0, 0.05) is 18.2 Å². The normalized spacial score (nSPS) is 10.9. The molecule has 0 saturated carbocycles. The quantitative estimate of drug-likeness (QED) is 0.391. The molecule has 9 heteroatoms. The molecule has 1 aromatic heterocycles. The van der Waals surface area contributed by atoms with Crippen molar-refractivity contribution in [3.05, 3.63) is 70.6 Å². The highest BCUT2D eigenvalue weighted by atomic mass is 19.2. The summed E-state index contributed by atoms with van der Waals surface area (Å²) < 4.78 is 54.7. The first-order valence-corrected chi connectivity index (χ1v) is 8.82. The van der Waals surface area contributed by atoms with E-state index in [2.05, 4.69) is 9.97 Å². The van der Waals surface area contributed by atoms with Gasteiger partial charge in [0.15, 0.2) is 29.1 Å². The van der Waals surface area contributed by atoms with Crippen LogP contribution in [-0.2, 0) is 11.2 Å². The van der Waals surface area contributed by atoms with Crippen molar-refractivity contribution in [2.45, 2.75) is 20.3 Å². The summed E-state index contributed by atoms with van der Waals surface area (Å²) in [5.74, 6) is -7.45. The van der Waals surface area contributed by atoms with Crippen LogP contribution in [0, 0.1) is 37.1 Å². The maximum absolute atomic E-state index is 14.1. The predicted molar refractivity (Wildman–Crippen MR) is 102 cm³/mol. The van der Waals surface area contributed by atoms with E-state index in [1.807, 2.05) is 0 Å². The fraction of sp³-hybridized carbons (Fsp3) is 0.190. The smallest absolute Gasteiger partial charge is 0.232 e. The molecule has 0 aliphatic rings. The number of hydrogen-bond donors (Lipinski definition) is 1. The maximum atomic E-state index is 14.1. The van der Waals surface area contributed by atoms with Crippen LogP contribution in [-0.4, -0.2) is 28.0 Å². The lowest BCUT2D eigenvalue weighted by atomic mass is 10.0. The van der Waals surface area contributed by atoms with Gasteiger partial charge >= 0.3 is 0 Å². The number of aryl methyl sites for hydroxylation is 1. The lowest BCUT2D eigenvalue weighted by Gasteiger charge is -2.19. The van der Waals surface area contributed by atoms with Gasteiger partial charge in [-0.1, -0.05) is 0 Å². The summed E-state index contributed by atoms with van der Waals surface area (Å²) in [5, 5.41) is 9.37. The molecule has 0 atom stereocenters. The van der Waals surface area contributed by atoms with Crippen LogP contribution in [0.4, 0.5) is 23.4 Å². The number of anilines is 1. The van der Waals surface area contributed by atoms with Crippen LogP contribution in [0.1, 0.15) is 16.8 Å². The predicted octanol–water partition coefficient (Wildman–Crippen LogP) is 4.23. The molecule has 0 bridgehead atoms. The monoisotopic (exact) mass is 419 g/mol. The number of hydrogen-bond acceptors (Lipinski definition) is 4. The Hall–Kier alpha value is -3.49. The number of halogens is 4. The number of aromatic nitrogens is 2. The molecule has 0 saturated heterocycles. The Morgan fingerprint density at radius 2 is 1.60 bits per heavy atom. The third kappa shape index (κ3) is 3.83. The Morgan fingerprint density at radius 3 is 2.20 bits per heavy atom. The minimum absolute atomic E-state index is 0.0987. The van der Waals surface area contributed by atoms with Crippen molar-refractivity contribution >= 4 is 11.7 Å². The van der Waals surface area contributed by atoms with Crippen molar-refractivity contribution in [3.63, 3.8) is 0 Å². The molecule has 3 rings (SSSR count). The zero-order chi connectivity index (χ0) is 22.2. The van der Waals surface area contributed by atoms with Crippen LogP contribution in [0.5, 0.6) is 5.75 Å². The first kappa shape index (κ1) is 21.2. The van der Waals surface area contributed by atoms with Crippen molar-refractivity contribution < 1.29 is 27.5 Å². The van der Waals surface area contributed by atoms with E-state index in [9.17, 15) is 27.5 Å². The highest BCUT2D eigenvalue weighted by molar-refractivity contribution is 5.94. The molecule has 0 unspecified atom stereocenters. The van der Waals surface area contributed by atoms with Gasteiger partial charge in [-0.3, -0.25) is 9.69 Å². The van der Waals surface area contributed by atoms with Crippen LogP contribution in [0.2, 0.25) is 0 Å². The van der Waals surface area contributed by atoms with Gasteiger partial charge in [-0.05, 0) is 43.7 Å². The maximum Gasteiger partial charge on any atom is 0.232 e. The molecule has 0 aliphatic heterocycles. The molecule has 0 aliphatic carbocycles. The number of aromatic hydroxyl groups is 1. The van der Waals surface area contributed by atoms with E-state index in [1.54, 1.807) is 19.1 Å². The number of phenolic OH excluding ortho intramolecular Hbond substituents is 1. The number of amides is 1. The van der Waals surface area contributed by atoms with Crippen LogP contribution < -0.4 is 4.90 Å². The molecule has 1 N–H and O–H groups in total. The Bertz CT molecular complexity index is 1110. The van der Waals surface area contributed by atoms with Crippen LogP contribution >= 0.6 is 0 Å². The molecule has 0 spiro atoms. The summed E-state index contributed by atoms with van der Waals surface area (Å²) in [5.41, 5.74) is 0.541. The highest BCUT2D eigenvalue weighted by Gasteiger charge is 2.26. The number of nitrogens with zero attached hydrogens (tertiary/aromatic N) is 3. The molecular formula is C21H17F4N3O2. The van der Waals surface area contributed by atoms with E-state index in [1.165, 1.54) is 25.4 Å². The number of phenols is 1. The van der Waals surface area contributed by atoms with E-state index >= 15 is 0 Å². The molecule has 1 amide bonds. The first-order valence-electron chi connectivity index (χ1n) is 8.82. The third-order valence-electron chi connectivity index (χ3n) is 4.73.